The Kier molecular flexibility index (Phi) is 4.09. The van der Waals surface area contributed by atoms with Gasteiger partial charge >= 0.3 is 6.61 Å². The number of Topliss-reactive ketones (excluding diaryl/α,β-unsaturated/α-hetero) is 1. The van der Waals surface area contributed by atoms with Gasteiger partial charge in [-0.25, -0.2) is 0 Å². The van der Waals surface area contributed by atoms with Gasteiger partial charge in [0, 0.05) is 25.9 Å². The molecule has 4 nitrogen and oxygen atoms in total. The van der Waals surface area contributed by atoms with Gasteiger partial charge in [0.25, 0.3) is 5.91 Å². The quantitative estimate of drug-likeness (QED) is 0.844. The first-order chi connectivity index (χ1) is 9.08. The Labute approximate surface area is 109 Å². The third kappa shape index (κ3) is 3.27. The normalized spacial score (nSPS) is 15.7. The summed E-state index contributed by atoms with van der Waals surface area (Å²) < 4.78 is 28.9. The molecular formula is C13H13F2NO3. The van der Waals surface area contributed by atoms with E-state index in [0.29, 0.717) is 25.9 Å². The van der Waals surface area contributed by atoms with Gasteiger partial charge < -0.3 is 9.64 Å². The predicted molar refractivity (Wildman–Crippen MR) is 63.2 cm³/mol. The van der Waals surface area contributed by atoms with Crippen LogP contribution in [0.2, 0.25) is 0 Å². The highest BCUT2D eigenvalue weighted by Gasteiger charge is 2.24. The maximum Gasteiger partial charge on any atom is 0.387 e. The number of para-hydroxylation sites is 1. The molecule has 0 N–H and O–H groups in total. The van der Waals surface area contributed by atoms with Gasteiger partial charge in [-0.1, -0.05) is 12.1 Å². The van der Waals surface area contributed by atoms with Crippen LogP contribution < -0.4 is 4.74 Å². The van der Waals surface area contributed by atoms with Crippen molar-refractivity contribution < 1.29 is 23.1 Å². The average molecular weight is 269 g/mol. The Morgan fingerprint density at radius 3 is 2.47 bits per heavy atom. The SMILES string of the molecule is O=C1CCN(C(=O)c2ccccc2OC(F)F)CC1. The summed E-state index contributed by atoms with van der Waals surface area (Å²) in [5.74, 6) is -0.413. The number of likely N-dealkylation sites (tertiary alicyclic amines) is 1. The molecule has 0 saturated carbocycles. The first-order valence-corrected chi connectivity index (χ1v) is 5.93. The third-order valence-corrected chi connectivity index (χ3v) is 2.94. The Morgan fingerprint density at radius 1 is 1.21 bits per heavy atom. The second-order valence-electron chi connectivity index (χ2n) is 4.21. The lowest BCUT2D eigenvalue weighted by Crippen LogP contribution is -2.38. The van der Waals surface area contributed by atoms with Crippen LogP contribution in [0.1, 0.15) is 23.2 Å². The molecule has 1 aromatic carbocycles. The topological polar surface area (TPSA) is 46.6 Å². The molecule has 19 heavy (non-hydrogen) atoms. The largest absolute Gasteiger partial charge is 0.434 e. The van der Waals surface area contributed by atoms with Crippen LogP contribution in [0.15, 0.2) is 24.3 Å². The monoisotopic (exact) mass is 269 g/mol. The molecule has 1 aliphatic rings. The van der Waals surface area contributed by atoms with Crippen molar-refractivity contribution in [1.29, 1.82) is 0 Å². The van der Waals surface area contributed by atoms with Crippen LogP contribution in [0.25, 0.3) is 0 Å². The molecule has 0 aromatic heterocycles. The van der Waals surface area contributed by atoms with E-state index >= 15 is 0 Å². The zero-order chi connectivity index (χ0) is 13.8. The first kappa shape index (κ1) is 13.5. The van der Waals surface area contributed by atoms with Gasteiger partial charge in [0.2, 0.25) is 0 Å². The van der Waals surface area contributed by atoms with Crippen molar-refractivity contribution in [2.24, 2.45) is 0 Å². The van der Waals surface area contributed by atoms with Crippen LogP contribution >= 0.6 is 0 Å². The first-order valence-electron chi connectivity index (χ1n) is 5.93. The van der Waals surface area contributed by atoms with Crippen molar-refractivity contribution in [3.05, 3.63) is 29.8 Å². The number of benzene rings is 1. The zero-order valence-electron chi connectivity index (χ0n) is 10.1. The van der Waals surface area contributed by atoms with E-state index in [0.717, 1.165) is 0 Å². The Morgan fingerprint density at radius 2 is 1.84 bits per heavy atom. The van der Waals surface area contributed by atoms with Crippen molar-refractivity contribution >= 4 is 11.7 Å². The van der Waals surface area contributed by atoms with Gasteiger partial charge in [0.15, 0.2) is 0 Å². The second kappa shape index (κ2) is 5.77. The van der Waals surface area contributed by atoms with E-state index in [9.17, 15) is 18.4 Å². The Bertz CT molecular complexity index is 481. The summed E-state index contributed by atoms with van der Waals surface area (Å²) >= 11 is 0. The predicted octanol–water partition coefficient (Wildman–Crippen LogP) is 2.09. The summed E-state index contributed by atoms with van der Waals surface area (Å²) in [6.07, 6.45) is 0.618. The van der Waals surface area contributed by atoms with Crippen LogP contribution in [-0.2, 0) is 4.79 Å². The van der Waals surface area contributed by atoms with Crippen LogP contribution in [-0.4, -0.2) is 36.3 Å². The lowest BCUT2D eigenvalue weighted by Gasteiger charge is -2.26. The minimum atomic E-state index is -2.98. The van der Waals surface area contributed by atoms with Crippen molar-refractivity contribution in [3.63, 3.8) is 0 Å². The van der Waals surface area contributed by atoms with E-state index in [1.165, 1.54) is 23.1 Å². The van der Waals surface area contributed by atoms with Crippen molar-refractivity contribution in [1.82, 2.24) is 4.90 Å². The molecule has 0 radical (unpaired) electrons. The van der Waals surface area contributed by atoms with Gasteiger partial charge in [-0.3, -0.25) is 9.59 Å². The molecule has 1 saturated heterocycles. The molecule has 0 unspecified atom stereocenters. The molecule has 2 rings (SSSR count). The number of hydrogen-bond acceptors (Lipinski definition) is 3. The number of piperidine rings is 1. The fourth-order valence-electron chi connectivity index (χ4n) is 1.97. The molecule has 0 bridgehead atoms. The summed E-state index contributed by atoms with van der Waals surface area (Å²) in [5, 5.41) is 0. The minimum Gasteiger partial charge on any atom is -0.434 e. The number of nitrogens with zero attached hydrogens (tertiary/aromatic N) is 1. The van der Waals surface area contributed by atoms with Crippen LogP contribution in [0.5, 0.6) is 5.75 Å². The molecule has 1 heterocycles. The fourth-order valence-corrected chi connectivity index (χ4v) is 1.97. The van der Waals surface area contributed by atoms with E-state index in [4.69, 9.17) is 0 Å². The summed E-state index contributed by atoms with van der Waals surface area (Å²) in [5.41, 5.74) is 0.0946. The highest BCUT2D eigenvalue weighted by Crippen LogP contribution is 2.23. The number of hydrogen-bond donors (Lipinski definition) is 0. The van der Waals surface area contributed by atoms with E-state index < -0.39 is 6.61 Å². The fraction of sp³-hybridized carbons (Fsp3) is 0.385. The van der Waals surface area contributed by atoms with Crippen molar-refractivity contribution in [2.75, 3.05) is 13.1 Å². The second-order valence-corrected chi connectivity index (χ2v) is 4.21. The van der Waals surface area contributed by atoms with E-state index in [1.54, 1.807) is 6.07 Å². The molecule has 0 atom stereocenters. The molecule has 0 aliphatic carbocycles. The van der Waals surface area contributed by atoms with Gasteiger partial charge in [-0.2, -0.15) is 8.78 Å². The zero-order valence-corrected chi connectivity index (χ0v) is 10.1. The van der Waals surface area contributed by atoms with Crippen LogP contribution in [0.3, 0.4) is 0 Å². The van der Waals surface area contributed by atoms with Crippen molar-refractivity contribution in [3.8, 4) is 5.75 Å². The van der Waals surface area contributed by atoms with Gasteiger partial charge in [-0.05, 0) is 12.1 Å². The number of ether oxygens (including phenoxy) is 1. The summed E-state index contributed by atoms with van der Waals surface area (Å²) in [7, 11) is 0. The minimum absolute atomic E-state index is 0.0946. The average Bonchev–Trinajstić information content (AvgIpc) is 2.39. The summed E-state index contributed by atoms with van der Waals surface area (Å²) in [6, 6.07) is 5.87. The number of carbonyl (C=O) groups excluding carboxylic acids is 2. The lowest BCUT2D eigenvalue weighted by molar-refractivity contribution is -0.120. The smallest absolute Gasteiger partial charge is 0.387 e. The maximum absolute atomic E-state index is 12.3. The van der Waals surface area contributed by atoms with E-state index in [-0.39, 0.29) is 23.0 Å². The summed E-state index contributed by atoms with van der Waals surface area (Å²) in [6.45, 7) is -2.33. The number of carbonyl (C=O) groups is 2. The number of rotatable bonds is 3. The van der Waals surface area contributed by atoms with Gasteiger partial charge in [0.1, 0.15) is 11.5 Å². The molecule has 1 amide bonds. The van der Waals surface area contributed by atoms with Crippen molar-refractivity contribution in [2.45, 2.75) is 19.5 Å². The Balaban J connectivity index is 2.16. The van der Waals surface area contributed by atoms with Crippen LogP contribution in [0, 0.1) is 0 Å². The lowest BCUT2D eigenvalue weighted by atomic mass is 10.1. The molecule has 1 aliphatic heterocycles. The highest BCUT2D eigenvalue weighted by molar-refractivity contribution is 5.97. The number of amides is 1. The number of alkyl halides is 2. The highest BCUT2D eigenvalue weighted by atomic mass is 19.3. The molecular weight excluding hydrogens is 256 g/mol. The van der Waals surface area contributed by atoms with Crippen LogP contribution in [0.4, 0.5) is 8.78 Å². The van der Waals surface area contributed by atoms with E-state index in [1.807, 2.05) is 0 Å². The molecule has 1 aromatic rings. The molecule has 102 valence electrons. The molecule has 0 spiro atoms. The van der Waals surface area contributed by atoms with Gasteiger partial charge in [0.05, 0.1) is 5.56 Å². The number of halogens is 2. The molecule has 6 heteroatoms. The summed E-state index contributed by atoms with van der Waals surface area (Å²) in [4.78, 5) is 24.8. The Hall–Kier alpha value is -1.98. The maximum atomic E-state index is 12.3. The van der Waals surface area contributed by atoms with Gasteiger partial charge in [-0.15, -0.1) is 0 Å². The number of ketones is 1. The molecule has 1 fully saturated rings. The third-order valence-electron chi connectivity index (χ3n) is 2.94. The standard InChI is InChI=1S/C13H13F2NO3/c14-13(15)19-11-4-2-1-3-10(11)12(18)16-7-5-9(17)6-8-16/h1-4,13H,5-8H2. The van der Waals surface area contributed by atoms with E-state index in [2.05, 4.69) is 4.74 Å².